The summed E-state index contributed by atoms with van der Waals surface area (Å²) in [5.74, 6) is 1.08. The first-order valence-electron chi connectivity index (χ1n) is 8.95. The van der Waals surface area contributed by atoms with Crippen LogP contribution in [0.4, 0.5) is 10.6 Å². The molecule has 1 aromatic heterocycles. The van der Waals surface area contributed by atoms with E-state index in [1.807, 2.05) is 33.8 Å². The predicted molar refractivity (Wildman–Crippen MR) is 94.1 cm³/mol. The van der Waals surface area contributed by atoms with Gasteiger partial charge in [0.05, 0.1) is 11.6 Å². The number of nitrogens with zero attached hydrogens (tertiary/aromatic N) is 2. The maximum absolute atomic E-state index is 12.9. The van der Waals surface area contributed by atoms with Crippen LogP contribution in [0.1, 0.15) is 45.7 Å². The van der Waals surface area contributed by atoms with Crippen LogP contribution in [-0.4, -0.2) is 33.4 Å². The third-order valence-electron chi connectivity index (χ3n) is 5.16. The quantitative estimate of drug-likeness (QED) is 0.879. The second kappa shape index (κ2) is 6.35. The summed E-state index contributed by atoms with van der Waals surface area (Å²) in [6.07, 6.45) is 2.64. The molecule has 0 saturated heterocycles. The van der Waals surface area contributed by atoms with E-state index in [9.17, 15) is 9.59 Å². The molecule has 2 saturated carbocycles. The highest BCUT2D eigenvalue weighted by Gasteiger charge is 2.51. The number of fused-ring (bicyclic) bond motifs is 2. The van der Waals surface area contributed by atoms with Gasteiger partial charge in [-0.1, -0.05) is 0 Å². The summed E-state index contributed by atoms with van der Waals surface area (Å²) in [4.78, 5) is 25.1. The predicted octanol–water partition coefficient (Wildman–Crippen LogP) is 2.61. The van der Waals surface area contributed by atoms with Gasteiger partial charge in [0.15, 0.2) is 0 Å². The minimum absolute atomic E-state index is 0.0451. The molecule has 2 fully saturated rings. The van der Waals surface area contributed by atoms with Gasteiger partial charge < -0.3 is 15.4 Å². The van der Waals surface area contributed by atoms with Gasteiger partial charge in [0, 0.05) is 19.2 Å². The van der Waals surface area contributed by atoms with Crippen molar-refractivity contribution < 1.29 is 14.3 Å². The van der Waals surface area contributed by atoms with Gasteiger partial charge in [-0.05, 0) is 58.8 Å². The number of anilines is 1. The minimum Gasteiger partial charge on any atom is -0.444 e. The molecule has 1 aromatic rings. The van der Waals surface area contributed by atoms with E-state index >= 15 is 0 Å². The number of carbonyl (C=O) groups excluding carboxylic acids is 2. The molecule has 0 unspecified atom stereocenters. The fourth-order valence-corrected chi connectivity index (χ4v) is 4.26. The van der Waals surface area contributed by atoms with Crippen molar-refractivity contribution in [3.8, 4) is 0 Å². The van der Waals surface area contributed by atoms with Gasteiger partial charge in [-0.15, -0.1) is 0 Å². The van der Waals surface area contributed by atoms with E-state index in [-0.39, 0.29) is 17.9 Å². The number of amides is 2. The molecule has 138 valence electrons. The van der Waals surface area contributed by atoms with Crippen molar-refractivity contribution in [1.29, 1.82) is 0 Å². The Labute approximate surface area is 148 Å². The number of ether oxygens (including phenoxy) is 1. The fourth-order valence-electron chi connectivity index (χ4n) is 4.26. The summed E-state index contributed by atoms with van der Waals surface area (Å²) in [5, 5.41) is 10.2. The van der Waals surface area contributed by atoms with Crippen LogP contribution in [0.3, 0.4) is 0 Å². The topological polar surface area (TPSA) is 85.3 Å². The van der Waals surface area contributed by atoms with Crippen LogP contribution >= 0.6 is 0 Å². The number of aryl methyl sites for hydroxylation is 2. The Bertz CT molecular complexity index is 676. The van der Waals surface area contributed by atoms with E-state index in [2.05, 4.69) is 15.7 Å². The van der Waals surface area contributed by atoms with Crippen molar-refractivity contribution in [2.45, 2.75) is 58.6 Å². The van der Waals surface area contributed by atoms with Crippen molar-refractivity contribution in [3.05, 3.63) is 11.8 Å². The van der Waals surface area contributed by atoms with Gasteiger partial charge in [-0.2, -0.15) is 5.10 Å². The first-order valence-corrected chi connectivity index (χ1v) is 8.95. The minimum atomic E-state index is -0.550. The highest BCUT2D eigenvalue weighted by Crippen LogP contribution is 2.49. The van der Waals surface area contributed by atoms with Crippen molar-refractivity contribution >= 4 is 17.8 Å². The lowest BCUT2D eigenvalue weighted by atomic mass is 9.84. The Hall–Kier alpha value is -2.05. The number of hydrogen-bond donors (Lipinski definition) is 2. The zero-order valence-electron chi connectivity index (χ0n) is 15.6. The maximum atomic E-state index is 12.9. The van der Waals surface area contributed by atoms with Crippen LogP contribution in [0.5, 0.6) is 0 Å². The average Bonchev–Trinajstić information content (AvgIpc) is 3.12. The van der Waals surface area contributed by atoms with Crippen molar-refractivity contribution in [2.24, 2.45) is 24.8 Å². The second-order valence-corrected chi connectivity index (χ2v) is 8.31. The molecule has 7 nitrogen and oxygen atoms in total. The monoisotopic (exact) mass is 348 g/mol. The van der Waals surface area contributed by atoms with Crippen LogP contribution in [0.2, 0.25) is 0 Å². The molecule has 3 rings (SSSR count). The Morgan fingerprint density at radius 3 is 2.56 bits per heavy atom. The lowest BCUT2D eigenvalue weighted by Crippen LogP contribution is -2.49. The van der Waals surface area contributed by atoms with E-state index in [0.717, 1.165) is 25.0 Å². The number of alkyl carbamates (subject to hydrolysis) is 1. The molecular weight excluding hydrogens is 320 g/mol. The van der Waals surface area contributed by atoms with E-state index in [4.69, 9.17) is 4.74 Å². The maximum Gasteiger partial charge on any atom is 0.407 e. The summed E-state index contributed by atoms with van der Waals surface area (Å²) < 4.78 is 7.04. The summed E-state index contributed by atoms with van der Waals surface area (Å²) >= 11 is 0. The van der Waals surface area contributed by atoms with Gasteiger partial charge >= 0.3 is 6.09 Å². The molecule has 2 bridgehead atoms. The third-order valence-corrected chi connectivity index (χ3v) is 5.16. The number of hydrogen-bond acceptors (Lipinski definition) is 4. The summed E-state index contributed by atoms with van der Waals surface area (Å²) in [7, 11) is 1.81. The van der Waals surface area contributed by atoms with Crippen molar-refractivity contribution in [1.82, 2.24) is 15.1 Å². The number of nitrogens with one attached hydrogen (secondary N) is 2. The zero-order valence-corrected chi connectivity index (χ0v) is 15.6. The lowest BCUT2D eigenvalue weighted by molar-refractivity contribution is -0.122. The van der Waals surface area contributed by atoms with Gasteiger partial charge in [-0.3, -0.25) is 9.48 Å². The van der Waals surface area contributed by atoms with Crippen LogP contribution in [0, 0.1) is 24.7 Å². The third kappa shape index (κ3) is 3.80. The van der Waals surface area contributed by atoms with Gasteiger partial charge in [0.2, 0.25) is 5.91 Å². The zero-order chi connectivity index (χ0) is 18.4. The Morgan fingerprint density at radius 1 is 1.28 bits per heavy atom. The highest BCUT2D eigenvalue weighted by atomic mass is 16.6. The largest absolute Gasteiger partial charge is 0.444 e. The normalized spacial score (nSPS) is 28.0. The lowest BCUT2D eigenvalue weighted by Gasteiger charge is -2.31. The van der Waals surface area contributed by atoms with E-state index < -0.39 is 11.7 Å². The van der Waals surface area contributed by atoms with Gasteiger partial charge in [0.25, 0.3) is 0 Å². The van der Waals surface area contributed by atoms with Crippen LogP contribution < -0.4 is 10.6 Å². The summed E-state index contributed by atoms with van der Waals surface area (Å²) in [6, 6.07) is 1.68. The Morgan fingerprint density at radius 2 is 1.96 bits per heavy atom. The van der Waals surface area contributed by atoms with E-state index in [1.54, 1.807) is 11.7 Å². The van der Waals surface area contributed by atoms with Crippen molar-refractivity contribution in [3.63, 3.8) is 0 Å². The molecule has 0 aliphatic heterocycles. The fraction of sp³-hybridized carbons (Fsp3) is 0.722. The van der Waals surface area contributed by atoms with Crippen LogP contribution in [-0.2, 0) is 16.6 Å². The highest BCUT2D eigenvalue weighted by molar-refractivity contribution is 5.93. The molecule has 0 aromatic carbocycles. The second-order valence-electron chi connectivity index (χ2n) is 8.31. The smallest absolute Gasteiger partial charge is 0.407 e. The van der Waals surface area contributed by atoms with Gasteiger partial charge in [-0.25, -0.2) is 4.79 Å². The first-order chi connectivity index (χ1) is 11.6. The molecule has 2 amide bonds. The average molecular weight is 348 g/mol. The number of rotatable bonds is 3. The molecule has 25 heavy (non-hydrogen) atoms. The Kier molecular flexibility index (Phi) is 4.51. The van der Waals surface area contributed by atoms with Crippen LogP contribution in [0.15, 0.2) is 6.07 Å². The van der Waals surface area contributed by atoms with Crippen molar-refractivity contribution in [2.75, 3.05) is 5.32 Å². The Balaban J connectivity index is 1.71. The number of carbonyl (C=O) groups is 2. The standard InChI is InChI=1S/C18H28N4O3/c1-10-8-13(22(5)21-10)19-16(23)14-11-6-7-12(9-11)15(14)20-17(24)25-18(2,3)4/h8,11-12,14-15H,6-7,9H2,1-5H3,(H,19,23)(H,20,24)/t11-,12-,14-,15-/m0/s1. The summed E-state index contributed by atoms with van der Waals surface area (Å²) in [6.45, 7) is 7.40. The molecule has 7 heteroatoms. The van der Waals surface area contributed by atoms with E-state index in [0.29, 0.717) is 17.7 Å². The molecule has 0 radical (unpaired) electrons. The molecule has 4 atom stereocenters. The molecule has 2 aliphatic carbocycles. The molecule has 0 spiro atoms. The van der Waals surface area contributed by atoms with E-state index in [1.165, 1.54) is 0 Å². The summed E-state index contributed by atoms with van der Waals surface area (Å²) in [5.41, 5.74) is 0.306. The molecule has 2 aliphatic rings. The molecule has 1 heterocycles. The molecular formula is C18H28N4O3. The molecule has 2 N–H and O–H groups in total. The SMILES string of the molecule is Cc1cc(NC(=O)[C@H]2[C@H]3CC[C@@H](C3)[C@@H]2NC(=O)OC(C)(C)C)n(C)n1. The van der Waals surface area contributed by atoms with Gasteiger partial charge in [0.1, 0.15) is 11.4 Å². The van der Waals surface area contributed by atoms with Crippen LogP contribution in [0.25, 0.3) is 0 Å². The number of aromatic nitrogens is 2. The first kappa shape index (κ1) is 17.8.